The molecule has 0 bridgehead atoms. The number of halogens is 1. The number of nitrogens with two attached hydrogens (primary N) is 1. The van der Waals surface area contributed by atoms with E-state index in [4.69, 9.17) is 21.8 Å². The van der Waals surface area contributed by atoms with Crippen molar-refractivity contribution in [1.29, 1.82) is 0 Å². The molecule has 2 aromatic heterocycles. The van der Waals surface area contributed by atoms with E-state index >= 15 is 0 Å². The van der Waals surface area contributed by atoms with Crippen LogP contribution in [0.5, 0.6) is 0 Å². The number of carbonyl (C=O) groups excluding carboxylic acids is 2. The van der Waals surface area contributed by atoms with E-state index in [1.54, 1.807) is 53.4 Å². The van der Waals surface area contributed by atoms with Crippen LogP contribution in [0.2, 0.25) is 5.02 Å². The molecule has 2 amide bonds. The molecule has 0 fully saturated rings. The van der Waals surface area contributed by atoms with Gasteiger partial charge in [-0.05, 0) is 42.3 Å². The normalized spacial score (nSPS) is 13.1. The largest absolute Gasteiger partial charge is 0.463 e. The number of rotatable bonds is 7. The minimum Gasteiger partial charge on any atom is -0.463 e. The van der Waals surface area contributed by atoms with Crippen LogP contribution < -0.4 is 11.1 Å². The number of primary amides is 1. The number of benzene rings is 1. The van der Waals surface area contributed by atoms with Crippen LogP contribution in [0, 0.1) is 5.92 Å². The van der Waals surface area contributed by atoms with Crippen molar-refractivity contribution in [1.82, 2.24) is 15.1 Å². The van der Waals surface area contributed by atoms with E-state index in [-0.39, 0.29) is 11.6 Å². The Bertz CT molecular complexity index is 964. The van der Waals surface area contributed by atoms with Gasteiger partial charge in [0.05, 0.1) is 12.0 Å². The summed E-state index contributed by atoms with van der Waals surface area (Å²) in [6, 6.07) is 11.4. The summed E-state index contributed by atoms with van der Waals surface area (Å²) in [5, 5.41) is 7.69. The molecule has 0 aliphatic rings. The molecule has 0 spiro atoms. The minimum absolute atomic E-state index is 0.0932. The molecular weight excluding hydrogens is 380 g/mol. The molecule has 3 rings (SSSR count). The van der Waals surface area contributed by atoms with Gasteiger partial charge in [0.25, 0.3) is 5.91 Å². The number of nitrogens with zero attached hydrogens (tertiary/aromatic N) is 2. The lowest BCUT2D eigenvalue weighted by Gasteiger charge is -2.20. The first-order valence-corrected chi connectivity index (χ1v) is 9.28. The molecular formula is C20H21ClN4O3. The lowest BCUT2D eigenvalue weighted by atomic mass is 9.98. The van der Waals surface area contributed by atoms with Crippen LogP contribution in [-0.4, -0.2) is 27.6 Å². The molecule has 2 atom stereocenters. The molecule has 0 saturated heterocycles. The van der Waals surface area contributed by atoms with E-state index in [0.29, 0.717) is 28.6 Å². The molecule has 0 radical (unpaired) electrons. The fraction of sp³-hybridized carbons (Fsp3) is 0.250. The van der Waals surface area contributed by atoms with Gasteiger partial charge in [0, 0.05) is 11.1 Å². The first kappa shape index (κ1) is 19.7. The molecule has 3 aromatic rings. The van der Waals surface area contributed by atoms with Gasteiger partial charge in [-0.25, -0.2) is 4.68 Å². The summed E-state index contributed by atoms with van der Waals surface area (Å²) in [5.41, 5.74) is 6.90. The monoisotopic (exact) mass is 400 g/mol. The zero-order chi connectivity index (χ0) is 20.3. The average Bonchev–Trinajstić information content (AvgIpc) is 3.35. The van der Waals surface area contributed by atoms with Crippen LogP contribution in [0.3, 0.4) is 0 Å². The van der Waals surface area contributed by atoms with Gasteiger partial charge >= 0.3 is 0 Å². The number of carbonyl (C=O) groups is 2. The van der Waals surface area contributed by atoms with Gasteiger partial charge in [0.1, 0.15) is 11.7 Å². The second-order valence-corrected chi connectivity index (χ2v) is 6.96. The van der Waals surface area contributed by atoms with E-state index in [1.807, 2.05) is 13.8 Å². The Balaban J connectivity index is 1.98. The number of aromatic nitrogens is 2. The molecule has 146 valence electrons. The topological polar surface area (TPSA) is 103 Å². The highest BCUT2D eigenvalue weighted by Crippen LogP contribution is 2.25. The maximum Gasteiger partial charge on any atom is 0.272 e. The number of amides is 2. The van der Waals surface area contributed by atoms with E-state index in [9.17, 15) is 9.59 Å². The highest BCUT2D eigenvalue weighted by molar-refractivity contribution is 6.30. The van der Waals surface area contributed by atoms with Crippen molar-refractivity contribution < 1.29 is 14.0 Å². The van der Waals surface area contributed by atoms with Crippen molar-refractivity contribution in [2.75, 3.05) is 0 Å². The quantitative estimate of drug-likeness (QED) is 0.634. The molecule has 3 N–H and O–H groups in total. The van der Waals surface area contributed by atoms with Gasteiger partial charge < -0.3 is 15.5 Å². The van der Waals surface area contributed by atoms with Gasteiger partial charge in [0.15, 0.2) is 11.5 Å². The molecule has 0 aliphatic carbocycles. The van der Waals surface area contributed by atoms with E-state index in [0.717, 1.165) is 0 Å². The average molecular weight is 401 g/mol. The predicted molar refractivity (Wildman–Crippen MR) is 106 cm³/mol. The number of hydrogen-bond acceptors (Lipinski definition) is 4. The third-order valence-electron chi connectivity index (χ3n) is 4.59. The Hall–Kier alpha value is -3.06. The zero-order valence-electron chi connectivity index (χ0n) is 15.6. The Kier molecular flexibility index (Phi) is 5.84. The molecule has 7 nitrogen and oxygen atoms in total. The Morgan fingerprint density at radius 2 is 2.00 bits per heavy atom. The molecule has 0 saturated carbocycles. The second kappa shape index (κ2) is 8.31. The summed E-state index contributed by atoms with van der Waals surface area (Å²) in [6.45, 7) is 3.79. The second-order valence-electron chi connectivity index (χ2n) is 6.52. The summed E-state index contributed by atoms with van der Waals surface area (Å²) < 4.78 is 7.07. The molecule has 0 aliphatic heterocycles. The fourth-order valence-electron chi connectivity index (χ4n) is 2.82. The van der Waals surface area contributed by atoms with E-state index in [2.05, 4.69) is 10.4 Å². The summed E-state index contributed by atoms with van der Waals surface area (Å²) in [7, 11) is 0. The lowest BCUT2D eigenvalue weighted by Crippen LogP contribution is -2.48. The SMILES string of the molecule is CCC(C)C(NC(=O)c1cc(-c2ccco2)n(-c2ccc(Cl)cc2)n1)C(N)=O. The van der Waals surface area contributed by atoms with Crippen LogP contribution in [0.1, 0.15) is 30.8 Å². The van der Waals surface area contributed by atoms with Crippen LogP contribution in [0.4, 0.5) is 0 Å². The van der Waals surface area contributed by atoms with Gasteiger partial charge in [-0.2, -0.15) is 5.10 Å². The van der Waals surface area contributed by atoms with Gasteiger partial charge in [-0.1, -0.05) is 31.9 Å². The highest BCUT2D eigenvalue weighted by atomic mass is 35.5. The number of nitrogens with one attached hydrogen (secondary N) is 1. The molecule has 28 heavy (non-hydrogen) atoms. The van der Waals surface area contributed by atoms with Crippen molar-refractivity contribution >= 4 is 23.4 Å². The van der Waals surface area contributed by atoms with Crippen LogP contribution >= 0.6 is 11.6 Å². The third-order valence-corrected chi connectivity index (χ3v) is 4.84. The molecule has 8 heteroatoms. The van der Waals surface area contributed by atoms with E-state index in [1.165, 1.54) is 0 Å². The smallest absolute Gasteiger partial charge is 0.272 e. The molecule has 2 unspecified atom stereocenters. The maximum atomic E-state index is 12.8. The summed E-state index contributed by atoms with van der Waals surface area (Å²) in [6.07, 6.45) is 2.24. The van der Waals surface area contributed by atoms with Crippen molar-refractivity contribution in [3.63, 3.8) is 0 Å². The van der Waals surface area contributed by atoms with Crippen LogP contribution in [0.15, 0.2) is 53.1 Å². The molecule has 2 heterocycles. The molecule has 1 aromatic carbocycles. The van der Waals surface area contributed by atoms with E-state index < -0.39 is 17.9 Å². The van der Waals surface area contributed by atoms with Crippen LogP contribution in [0.25, 0.3) is 17.1 Å². The van der Waals surface area contributed by atoms with Crippen molar-refractivity contribution in [2.24, 2.45) is 11.7 Å². The Labute approximate surface area is 167 Å². The minimum atomic E-state index is -0.773. The van der Waals surface area contributed by atoms with Gasteiger partial charge in [-0.15, -0.1) is 0 Å². The van der Waals surface area contributed by atoms with Crippen molar-refractivity contribution in [2.45, 2.75) is 26.3 Å². The third kappa shape index (κ3) is 4.09. The van der Waals surface area contributed by atoms with Gasteiger partial charge in [0.2, 0.25) is 5.91 Å². The zero-order valence-corrected chi connectivity index (χ0v) is 16.3. The fourth-order valence-corrected chi connectivity index (χ4v) is 2.94. The Morgan fingerprint density at radius 3 is 2.57 bits per heavy atom. The predicted octanol–water partition coefficient (Wildman–Crippen LogP) is 3.42. The van der Waals surface area contributed by atoms with Crippen molar-refractivity contribution in [3.8, 4) is 17.1 Å². The summed E-state index contributed by atoms with van der Waals surface area (Å²) >= 11 is 5.97. The summed E-state index contributed by atoms with van der Waals surface area (Å²) in [4.78, 5) is 24.5. The number of furan rings is 1. The first-order chi connectivity index (χ1) is 13.4. The number of hydrogen-bond donors (Lipinski definition) is 2. The highest BCUT2D eigenvalue weighted by Gasteiger charge is 2.26. The van der Waals surface area contributed by atoms with Crippen molar-refractivity contribution in [3.05, 3.63) is 59.4 Å². The first-order valence-electron chi connectivity index (χ1n) is 8.90. The standard InChI is InChI=1S/C20H21ClN4O3/c1-3-12(2)18(19(22)26)23-20(27)15-11-16(17-5-4-10-28-17)25(24-15)14-8-6-13(21)7-9-14/h4-12,18H,3H2,1-2H3,(H2,22,26)(H,23,27). The summed E-state index contributed by atoms with van der Waals surface area (Å²) in [5.74, 6) is -0.602. The maximum absolute atomic E-state index is 12.8. The Morgan fingerprint density at radius 1 is 1.29 bits per heavy atom. The van der Waals surface area contributed by atoms with Crippen LogP contribution in [-0.2, 0) is 4.79 Å². The lowest BCUT2D eigenvalue weighted by molar-refractivity contribution is -0.120. The van der Waals surface area contributed by atoms with Gasteiger partial charge in [-0.3, -0.25) is 9.59 Å².